The van der Waals surface area contributed by atoms with Crippen molar-refractivity contribution in [1.82, 2.24) is 0 Å². The van der Waals surface area contributed by atoms with E-state index in [9.17, 15) is 0 Å². The van der Waals surface area contributed by atoms with Crippen LogP contribution >= 0.6 is 0 Å². The van der Waals surface area contributed by atoms with Gasteiger partial charge in [0.2, 0.25) is 0 Å². The Morgan fingerprint density at radius 3 is 1.67 bits per heavy atom. The Hall–Kier alpha value is 0.177. The van der Waals surface area contributed by atoms with Crippen LogP contribution in [0.2, 0.25) is 18.1 Å². The van der Waals surface area contributed by atoms with Gasteiger partial charge in [0.15, 0.2) is 0 Å². The van der Waals surface area contributed by atoms with Crippen LogP contribution < -0.4 is 5.73 Å². The molecule has 0 fully saturated rings. The van der Waals surface area contributed by atoms with Crippen molar-refractivity contribution < 1.29 is 0 Å². The van der Waals surface area contributed by atoms with E-state index in [1.807, 2.05) is 0 Å². The lowest BCUT2D eigenvalue weighted by atomic mass is 10.3. The summed E-state index contributed by atoms with van der Waals surface area (Å²) in [6.07, 6.45) is 2.48. The first-order chi connectivity index (χ1) is 5.66. The molecule has 0 rings (SSSR count). The molecule has 0 saturated heterocycles. The minimum atomic E-state index is -1.06. The van der Waals surface area contributed by atoms with Crippen LogP contribution in [0.25, 0.3) is 0 Å². The van der Waals surface area contributed by atoms with Crippen LogP contribution in [0.4, 0.5) is 0 Å². The Kier molecular flexibility index (Phi) is 5.84. The molecule has 0 aliphatic rings. The molecule has 0 aliphatic heterocycles. The molecule has 0 heterocycles. The summed E-state index contributed by atoms with van der Waals surface area (Å²) in [5, 5.41) is 0. The van der Waals surface area contributed by atoms with E-state index in [-0.39, 0.29) is 0 Å². The Morgan fingerprint density at radius 1 is 1.00 bits per heavy atom. The van der Waals surface area contributed by atoms with Crippen LogP contribution in [0.3, 0.4) is 0 Å². The van der Waals surface area contributed by atoms with Crippen LogP contribution in [0.1, 0.15) is 40.5 Å². The molecule has 1 unspecified atom stereocenters. The van der Waals surface area contributed by atoms with Gasteiger partial charge in [-0.25, -0.2) is 0 Å². The fourth-order valence-electron chi connectivity index (χ4n) is 2.15. The largest absolute Gasteiger partial charge is 0.330 e. The summed E-state index contributed by atoms with van der Waals surface area (Å²) in [7, 11) is -1.06. The maximum absolute atomic E-state index is 6.26. The highest BCUT2D eigenvalue weighted by molar-refractivity contribution is 6.81. The number of hydrogen-bond acceptors (Lipinski definition) is 1. The van der Waals surface area contributed by atoms with Gasteiger partial charge in [-0.2, -0.15) is 0 Å². The van der Waals surface area contributed by atoms with Gasteiger partial charge in [-0.1, -0.05) is 52.2 Å². The van der Waals surface area contributed by atoms with Crippen molar-refractivity contribution in [3.8, 4) is 0 Å². The van der Waals surface area contributed by atoms with Crippen molar-refractivity contribution in [3.05, 3.63) is 0 Å². The fraction of sp³-hybridized carbons (Fsp3) is 1.00. The van der Waals surface area contributed by atoms with Crippen LogP contribution in [-0.2, 0) is 0 Å². The molecule has 0 aliphatic carbocycles. The summed E-state index contributed by atoms with van der Waals surface area (Å²) >= 11 is 0. The van der Waals surface area contributed by atoms with Gasteiger partial charge in [-0.05, 0) is 12.1 Å². The van der Waals surface area contributed by atoms with E-state index >= 15 is 0 Å². The van der Waals surface area contributed by atoms with Crippen LogP contribution in [0, 0.1) is 0 Å². The third-order valence-electron chi connectivity index (χ3n) is 3.50. The standard InChI is InChI=1S/C10H25NSi/c1-5-9-10(11)12(6-2,7-3)8-4/h10H,5-9,11H2,1-4H3. The van der Waals surface area contributed by atoms with Crippen molar-refractivity contribution in [2.24, 2.45) is 5.73 Å². The quantitative estimate of drug-likeness (QED) is 0.635. The maximum atomic E-state index is 6.26. The first-order valence-corrected chi connectivity index (χ1v) is 8.12. The van der Waals surface area contributed by atoms with Gasteiger partial charge in [-0.3, -0.25) is 0 Å². The molecule has 0 amide bonds. The van der Waals surface area contributed by atoms with Crippen molar-refractivity contribution in [2.75, 3.05) is 0 Å². The first-order valence-electron chi connectivity index (χ1n) is 5.42. The average molecular weight is 187 g/mol. The summed E-state index contributed by atoms with van der Waals surface area (Å²) in [5.74, 6) is 0. The van der Waals surface area contributed by atoms with E-state index < -0.39 is 8.07 Å². The van der Waals surface area contributed by atoms with Crippen molar-refractivity contribution in [1.29, 1.82) is 0 Å². The lowest BCUT2D eigenvalue weighted by Crippen LogP contribution is -2.51. The van der Waals surface area contributed by atoms with Gasteiger partial charge in [0.25, 0.3) is 0 Å². The zero-order valence-electron chi connectivity index (χ0n) is 9.19. The Labute approximate surface area is 78.7 Å². The van der Waals surface area contributed by atoms with Crippen LogP contribution in [0.15, 0.2) is 0 Å². The molecule has 2 N–H and O–H groups in total. The Bertz CT molecular complexity index is 102. The molecule has 0 radical (unpaired) electrons. The van der Waals surface area contributed by atoms with Gasteiger partial charge < -0.3 is 5.73 Å². The third kappa shape index (κ3) is 2.59. The van der Waals surface area contributed by atoms with Gasteiger partial charge in [0.1, 0.15) is 0 Å². The van der Waals surface area contributed by atoms with E-state index in [1.54, 1.807) is 0 Å². The number of nitrogens with two attached hydrogens (primary N) is 1. The van der Waals surface area contributed by atoms with Crippen molar-refractivity contribution in [2.45, 2.75) is 64.3 Å². The fourth-order valence-corrected chi connectivity index (χ4v) is 6.13. The van der Waals surface area contributed by atoms with Gasteiger partial charge in [-0.15, -0.1) is 0 Å². The van der Waals surface area contributed by atoms with Gasteiger partial charge in [0.05, 0.1) is 8.07 Å². The second kappa shape index (κ2) is 5.76. The molecule has 0 aromatic carbocycles. The lowest BCUT2D eigenvalue weighted by molar-refractivity contribution is 0.716. The first kappa shape index (κ1) is 12.2. The predicted octanol–water partition coefficient (Wildman–Crippen LogP) is 3.16. The summed E-state index contributed by atoms with van der Waals surface area (Å²) in [6, 6.07) is 4.09. The van der Waals surface area contributed by atoms with E-state index in [0.29, 0.717) is 5.67 Å². The van der Waals surface area contributed by atoms with Gasteiger partial charge in [0, 0.05) is 0 Å². The molecular weight excluding hydrogens is 162 g/mol. The Morgan fingerprint density at radius 2 is 1.42 bits per heavy atom. The molecule has 74 valence electrons. The Balaban J connectivity index is 4.24. The van der Waals surface area contributed by atoms with Crippen molar-refractivity contribution >= 4 is 8.07 Å². The second-order valence-electron chi connectivity index (χ2n) is 3.82. The summed E-state index contributed by atoms with van der Waals surface area (Å²) in [4.78, 5) is 0. The minimum Gasteiger partial charge on any atom is -0.330 e. The molecule has 0 aromatic rings. The van der Waals surface area contributed by atoms with E-state index in [1.165, 1.54) is 31.0 Å². The lowest BCUT2D eigenvalue weighted by Gasteiger charge is -2.34. The molecule has 1 nitrogen and oxygen atoms in total. The third-order valence-corrected chi connectivity index (χ3v) is 9.59. The zero-order chi connectivity index (χ0) is 9.61. The van der Waals surface area contributed by atoms with E-state index in [2.05, 4.69) is 27.7 Å². The molecule has 12 heavy (non-hydrogen) atoms. The van der Waals surface area contributed by atoms with Crippen LogP contribution in [-0.4, -0.2) is 13.7 Å². The molecule has 0 bridgehead atoms. The molecule has 0 aromatic heterocycles. The van der Waals surface area contributed by atoms with Crippen LogP contribution in [0.5, 0.6) is 0 Å². The highest BCUT2D eigenvalue weighted by Crippen LogP contribution is 2.25. The smallest absolute Gasteiger partial charge is 0.0715 e. The SMILES string of the molecule is CCCC(N)[Si](CC)(CC)CC. The summed E-state index contributed by atoms with van der Waals surface area (Å²) in [5.41, 5.74) is 6.80. The zero-order valence-corrected chi connectivity index (χ0v) is 10.2. The topological polar surface area (TPSA) is 26.0 Å². The molecule has 0 saturated carbocycles. The molecule has 2 heteroatoms. The monoisotopic (exact) mass is 187 g/mol. The molecule has 0 spiro atoms. The summed E-state index contributed by atoms with van der Waals surface area (Å²) < 4.78 is 0. The number of hydrogen-bond donors (Lipinski definition) is 1. The van der Waals surface area contributed by atoms with E-state index in [0.717, 1.165) is 0 Å². The second-order valence-corrected chi connectivity index (χ2v) is 9.41. The minimum absolute atomic E-state index is 0.544. The summed E-state index contributed by atoms with van der Waals surface area (Å²) in [6.45, 7) is 9.22. The molecule has 1 atom stereocenters. The highest BCUT2D eigenvalue weighted by atomic mass is 28.3. The number of rotatable bonds is 6. The predicted molar refractivity (Wildman–Crippen MR) is 60.1 cm³/mol. The normalized spacial score (nSPS) is 14.8. The maximum Gasteiger partial charge on any atom is 0.0715 e. The van der Waals surface area contributed by atoms with Crippen molar-refractivity contribution in [3.63, 3.8) is 0 Å². The highest BCUT2D eigenvalue weighted by Gasteiger charge is 2.32. The molecular formula is C10H25NSi. The average Bonchev–Trinajstić information content (AvgIpc) is 2.09. The van der Waals surface area contributed by atoms with E-state index in [4.69, 9.17) is 5.73 Å². The van der Waals surface area contributed by atoms with Gasteiger partial charge >= 0.3 is 0 Å².